The number of hydrogen-bond acceptors (Lipinski definition) is 5. The van der Waals surface area contributed by atoms with Crippen molar-refractivity contribution in [1.82, 2.24) is 5.32 Å². The maximum Gasteiger partial charge on any atom is 0.274 e. The van der Waals surface area contributed by atoms with Crippen molar-refractivity contribution in [2.75, 3.05) is 25.5 Å². The van der Waals surface area contributed by atoms with Gasteiger partial charge < -0.3 is 15.4 Å². The summed E-state index contributed by atoms with van der Waals surface area (Å²) in [4.78, 5) is 22.9. The molecule has 0 atom stereocenters. The summed E-state index contributed by atoms with van der Waals surface area (Å²) in [7, 11) is 1.52. The predicted molar refractivity (Wildman–Crippen MR) is 85.6 cm³/mol. The topological polar surface area (TPSA) is 93.5 Å². The molecule has 0 unspecified atom stereocenters. The molecule has 1 saturated heterocycles. The molecule has 1 aliphatic heterocycles. The molecule has 1 aromatic rings. The molecule has 0 saturated carbocycles. The molecule has 1 heterocycles. The summed E-state index contributed by atoms with van der Waals surface area (Å²) >= 11 is 0. The number of hydrogen-bond donors (Lipinski definition) is 2. The van der Waals surface area contributed by atoms with E-state index in [1.165, 1.54) is 13.2 Å². The normalized spacial score (nSPS) is 16.5. The van der Waals surface area contributed by atoms with Crippen LogP contribution in [0.5, 0.6) is 0 Å². The maximum absolute atomic E-state index is 12.5. The number of aryl methyl sites for hydroxylation is 1. The van der Waals surface area contributed by atoms with E-state index in [2.05, 4.69) is 10.6 Å². The smallest absolute Gasteiger partial charge is 0.274 e. The van der Waals surface area contributed by atoms with Crippen molar-refractivity contribution < 1.29 is 14.5 Å². The van der Waals surface area contributed by atoms with Gasteiger partial charge in [-0.15, -0.1) is 12.4 Å². The molecule has 2 rings (SSSR count). The lowest BCUT2D eigenvalue weighted by atomic mass is 9.91. The minimum absolute atomic E-state index is 0. The zero-order valence-corrected chi connectivity index (χ0v) is 13.4. The number of methoxy groups -OCH3 is 1. The van der Waals surface area contributed by atoms with E-state index in [-0.39, 0.29) is 24.0 Å². The van der Waals surface area contributed by atoms with Crippen LogP contribution in [-0.2, 0) is 9.53 Å². The minimum Gasteiger partial charge on any atom is -0.368 e. The molecule has 1 fully saturated rings. The minimum atomic E-state index is -0.870. The fraction of sp³-hybridized carbons (Fsp3) is 0.500. The van der Waals surface area contributed by atoms with Crippen molar-refractivity contribution in [3.05, 3.63) is 33.9 Å². The Morgan fingerprint density at radius 3 is 2.59 bits per heavy atom. The summed E-state index contributed by atoms with van der Waals surface area (Å²) in [6, 6.07) is 4.65. The number of piperidine rings is 1. The Balaban J connectivity index is 0.00000242. The average molecular weight is 330 g/mol. The first kappa shape index (κ1) is 18.3. The van der Waals surface area contributed by atoms with Gasteiger partial charge in [0.2, 0.25) is 0 Å². The molecular formula is C14H20ClN3O4. The summed E-state index contributed by atoms with van der Waals surface area (Å²) in [5, 5.41) is 16.8. The van der Waals surface area contributed by atoms with Crippen LogP contribution in [0.15, 0.2) is 18.2 Å². The van der Waals surface area contributed by atoms with Crippen LogP contribution in [0, 0.1) is 17.0 Å². The summed E-state index contributed by atoms with van der Waals surface area (Å²) in [6.45, 7) is 3.07. The fourth-order valence-electron chi connectivity index (χ4n) is 2.48. The number of ether oxygens (including phenoxy) is 1. The summed E-state index contributed by atoms with van der Waals surface area (Å²) in [5.74, 6) is -0.260. The molecule has 0 bridgehead atoms. The SMILES string of the molecule is COC1(C(=O)Nc2ccc(C)c([N+](=O)[O-])c2)CCNCC1.Cl. The highest BCUT2D eigenvalue weighted by atomic mass is 35.5. The third kappa shape index (κ3) is 3.73. The highest BCUT2D eigenvalue weighted by molar-refractivity contribution is 5.97. The van der Waals surface area contributed by atoms with Crippen LogP contribution in [0.25, 0.3) is 0 Å². The monoisotopic (exact) mass is 329 g/mol. The van der Waals surface area contributed by atoms with E-state index < -0.39 is 10.5 Å². The number of rotatable bonds is 4. The van der Waals surface area contributed by atoms with Gasteiger partial charge in [-0.3, -0.25) is 14.9 Å². The zero-order chi connectivity index (χ0) is 15.5. The quantitative estimate of drug-likeness (QED) is 0.651. The number of anilines is 1. The lowest BCUT2D eigenvalue weighted by Gasteiger charge is -2.34. The Hall–Kier alpha value is -1.70. The molecule has 0 radical (unpaired) electrons. The second kappa shape index (κ2) is 7.53. The molecule has 1 aliphatic rings. The molecule has 7 nitrogen and oxygen atoms in total. The highest BCUT2D eigenvalue weighted by Gasteiger charge is 2.39. The molecule has 0 aliphatic carbocycles. The van der Waals surface area contributed by atoms with Crippen molar-refractivity contribution in [3.63, 3.8) is 0 Å². The maximum atomic E-state index is 12.5. The van der Waals surface area contributed by atoms with Crippen LogP contribution >= 0.6 is 12.4 Å². The first-order valence-corrected chi connectivity index (χ1v) is 6.81. The zero-order valence-electron chi connectivity index (χ0n) is 12.5. The molecule has 0 spiro atoms. The Kier molecular flexibility index (Phi) is 6.28. The van der Waals surface area contributed by atoms with E-state index in [0.29, 0.717) is 37.2 Å². The van der Waals surface area contributed by atoms with Gasteiger partial charge in [-0.05, 0) is 38.9 Å². The van der Waals surface area contributed by atoms with Gasteiger partial charge in [0, 0.05) is 24.4 Å². The van der Waals surface area contributed by atoms with Crippen molar-refractivity contribution in [2.45, 2.75) is 25.4 Å². The first-order valence-electron chi connectivity index (χ1n) is 6.81. The Bertz CT molecular complexity index is 559. The third-order valence-corrected chi connectivity index (χ3v) is 3.88. The lowest BCUT2D eigenvalue weighted by Crippen LogP contribution is -2.51. The van der Waals surface area contributed by atoms with Gasteiger partial charge in [0.1, 0.15) is 5.60 Å². The second-order valence-corrected chi connectivity index (χ2v) is 5.16. The van der Waals surface area contributed by atoms with Crippen LogP contribution in [0.1, 0.15) is 18.4 Å². The van der Waals surface area contributed by atoms with Crippen molar-refractivity contribution in [1.29, 1.82) is 0 Å². The van der Waals surface area contributed by atoms with E-state index in [0.717, 1.165) is 0 Å². The van der Waals surface area contributed by atoms with Crippen molar-refractivity contribution in [3.8, 4) is 0 Å². The molecule has 2 N–H and O–H groups in total. The van der Waals surface area contributed by atoms with Gasteiger partial charge in [0.05, 0.1) is 4.92 Å². The summed E-state index contributed by atoms with van der Waals surface area (Å²) < 4.78 is 5.43. The second-order valence-electron chi connectivity index (χ2n) is 5.16. The number of carbonyl (C=O) groups excluding carboxylic acids is 1. The van der Waals surface area contributed by atoms with Crippen LogP contribution in [-0.4, -0.2) is 36.6 Å². The van der Waals surface area contributed by atoms with E-state index in [4.69, 9.17) is 4.74 Å². The molecule has 22 heavy (non-hydrogen) atoms. The van der Waals surface area contributed by atoms with Crippen molar-refractivity contribution in [2.24, 2.45) is 0 Å². The van der Waals surface area contributed by atoms with Crippen LogP contribution in [0.4, 0.5) is 11.4 Å². The number of halogens is 1. The number of carbonyl (C=O) groups is 1. The molecule has 0 aromatic heterocycles. The van der Waals surface area contributed by atoms with Crippen molar-refractivity contribution >= 4 is 29.7 Å². The Morgan fingerprint density at radius 2 is 2.05 bits per heavy atom. The van der Waals surface area contributed by atoms with Gasteiger partial charge >= 0.3 is 0 Å². The summed E-state index contributed by atoms with van der Waals surface area (Å²) in [5.41, 5.74) is 0.0865. The largest absolute Gasteiger partial charge is 0.368 e. The van der Waals surface area contributed by atoms with Gasteiger partial charge in [-0.25, -0.2) is 0 Å². The molecule has 1 amide bonds. The Labute approximate surface area is 135 Å². The van der Waals surface area contributed by atoms with Gasteiger partial charge in [0.15, 0.2) is 0 Å². The fourth-order valence-corrected chi connectivity index (χ4v) is 2.48. The highest BCUT2D eigenvalue weighted by Crippen LogP contribution is 2.27. The number of nitro benzene ring substituents is 1. The standard InChI is InChI=1S/C14H19N3O4.ClH/c1-10-3-4-11(9-12(10)17(19)20)16-13(18)14(21-2)5-7-15-8-6-14;/h3-4,9,15H,5-8H2,1-2H3,(H,16,18);1H. The van der Waals surface area contributed by atoms with Crippen LogP contribution < -0.4 is 10.6 Å². The van der Waals surface area contributed by atoms with Gasteiger partial charge in [-0.2, -0.15) is 0 Å². The van der Waals surface area contributed by atoms with E-state index in [1.807, 2.05) is 0 Å². The molecular weight excluding hydrogens is 310 g/mol. The number of benzene rings is 1. The predicted octanol–water partition coefficient (Wildman–Crippen LogP) is 2.03. The van der Waals surface area contributed by atoms with E-state index in [9.17, 15) is 14.9 Å². The average Bonchev–Trinajstić information content (AvgIpc) is 2.49. The van der Waals surface area contributed by atoms with Crippen LogP contribution in [0.3, 0.4) is 0 Å². The van der Waals surface area contributed by atoms with E-state index in [1.54, 1.807) is 19.1 Å². The number of nitro groups is 1. The third-order valence-electron chi connectivity index (χ3n) is 3.88. The van der Waals surface area contributed by atoms with Crippen LogP contribution in [0.2, 0.25) is 0 Å². The lowest BCUT2D eigenvalue weighted by molar-refractivity contribution is -0.385. The summed E-state index contributed by atoms with van der Waals surface area (Å²) in [6.07, 6.45) is 1.15. The molecule has 8 heteroatoms. The number of nitrogens with one attached hydrogen (secondary N) is 2. The molecule has 1 aromatic carbocycles. The first-order chi connectivity index (χ1) is 9.98. The number of amides is 1. The Morgan fingerprint density at radius 1 is 1.41 bits per heavy atom. The van der Waals surface area contributed by atoms with E-state index >= 15 is 0 Å². The van der Waals surface area contributed by atoms with Gasteiger partial charge in [-0.1, -0.05) is 6.07 Å². The van der Waals surface area contributed by atoms with Gasteiger partial charge in [0.25, 0.3) is 11.6 Å². The number of nitrogens with zero attached hydrogens (tertiary/aromatic N) is 1. The molecule has 122 valence electrons.